The summed E-state index contributed by atoms with van der Waals surface area (Å²) in [6.07, 6.45) is 3.92. The van der Waals surface area contributed by atoms with Crippen LogP contribution in [-0.4, -0.2) is 21.8 Å². The predicted molar refractivity (Wildman–Crippen MR) is 61.0 cm³/mol. The normalized spacial score (nSPS) is 13.0. The van der Waals surface area contributed by atoms with Crippen molar-refractivity contribution in [3.8, 4) is 0 Å². The molecule has 0 radical (unpaired) electrons. The van der Waals surface area contributed by atoms with Gasteiger partial charge in [0, 0.05) is 23.7 Å². The van der Waals surface area contributed by atoms with Gasteiger partial charge in [0.15, 0.2) is 0 Å². The second-order valence-electron chi connectivity index (χ2n) is 3.47. The Hall–Kier alpha value is -1.20. The summed E-state index contributed by atoms with van der Waals surface area (Å²) in [4.78, 5) is 5.52. The van der Waals surface area contributed by atoms with Crippen LogP contribution in [0.1, 0.15) is 22.2 Å². The molecule has 1 atom stereocenters. The first-order valence-electron chi connectivity index (χ1n) is 4.78. The standard InChI is InChI=1S/C10H14N4S/c1-7-10(15-6-12-7)9(11-2)8-4-13-14(3)5-8/h4-6,9,11H,1-3H3. The number of thiazole rings is 1. The van der Waals surface area contributed by atoms with E-state index in [-0.39, 0.29) is 6.04 Å². The zero-order valence-electron chi connectivity index (χ0n) is 9.06. The van der Waals surface area contributed by atoms with E-state index >= 15 is 0 Å². The van der Waals surface area contributed by atoms with Crippen molar-refractivity contribution in [1.29, 1.82) is 0 Å². The van der Waals surface area contributed by atoms with Gasteiger partial charge in [-0.25, -0.2) is 4.98 Å². The molecule has 5 heteroatoms. The monoisotopic (exact) mass is 222 g/mol. The summed E-state index contributed by atoms with van der Waals surface area (Å²) >= 11 is 1.68. The molecule has 1 N–H and O–H groups in total. The van der Waals surface area contributed by atoms with Gasteiger partial charge in [0.2, 0.25) is 0 Å². The molecular weight excluding hydrogens is 208 g/mol. The second kappa shape index (κ2) is 4.12. The minimum Gasteiger partial charge on any atom is -0.309 e. The Morgan fingerprint density at radius 3 is 2.80 bits per heavy atom. The molecule has 80 valence electrons. The van der Waals surface area contributed by atoms with Crippen LogP contribution in [0.3, 0.4) is 0 Å². The number of nitrogens with zero attached hydrogens (tertiary/aromatic N) is 3. The van der Waals surface area contributed by atoms with Gasteiger partial charge in [0.25, 0.3) is 0 Å². The molecular formula is C10H14N4S. The number of aromatic nitrogens is 3. The Morgan fingerprint density at radius 1 is 1.53 bits per heavy atom. The summed E-state index contributed by atoms with van der Waals surface area (Å²) in [7, 11) is 3.88. The number of rotatable bonds is 3. The van der Waals surface area contributed by atoms with Gasteiger partial charge < -0.3 is 5.32 Å². The van der Waals surface area contributed by atoms with Crippen LogP contribution >= 0.6 is 11.3 Å². The van der Waals surface area contributed by atoms with E-state index < -0.39 is 0 Å². The van der Waals surface area contributed by atoms with Gasteiger partial charge >= 0.3 is 0 Å². The molecule has 4 nitrogen and oxygen atoms in total. The van der Waals surface area contributed by atoms with Crippen molar-refractivity contribution in [2.24, 2.45) is 7.05 Å². The molecule has 2 heterocycles. The van der Waals surface area contributed by atoms with Crippen LogP contribution in [0.5, 0.6) is 0 Å². The molecule has 0 bridgehead atoms. The molecule has 0 aliphatic rings. The van der Waals surface area contributed by atoms with Crippen molar-refractivity contribution in [3.63, 3.8) is 0 Å². The molecule has 0 aromatic carbocycles. The average Bonchev–Trinajstić information content (AvgIpc) is 2.79. The van der Waals surface area contributed by atoms with Crippen LogP contribution in [0.4, 0.5) is 0 Å². The maximum Gasteiger partial charge on any atom is 0.0798 e. The molecule has 0 aliphatic carbocycles. The van der Waals surface area contributed by atoms with Crippen LogP contribution < -0.4 is 5.32 Å². The fraction of sp³-hybridized carbons (Fsp3) is 0.400. The summed E-state index contributed by atoms with van der Waals surface area (Å²) in [6, 6.07) is 0.200. The maximum atomic E-state index is 4.27. The average molecular weight is 222 g/mol. The van der Waals surface area contributed by atoms with E-state index in [4.69, 9.17) is 0 Å². The molecule has 1 unspecified atom stereocenters. The highest BCUT2D eigenvalue weighted by Gasteiger charge is 2.17. The number of hydrogen-bond donors (Lipinski definition) is 1. The first-order valence-corrected chi connectivity index (χ1v) is 5.66. The van der Waals surface area contributed by atoms with E-state index in [2.05, 4.69) is 15.4 Å². The van der Waals surface area contributed by atoms with Gasteiger partial charge in [-0.3, -0.25) is 4.68 Å². The molecule has 0 amide bonds. The van der Waals surface area contributed by atoms with Crippen LogP contribution in [0, 0.1) is 6.92 Å². The third kappa shape index (κ3) is 1.93. The lowest BCUT2D eigenvalue weighted by molar-refractivity contribution is 0.695. The van der Waals surface area contributed by atoms with Crippen molar-refractivity contribution in [2.75, 3.05) is 7.05 Å². The first-order chi connectivity index (χ1) is 7.22. The molecule has 0 aliphatic heterocycles. The third-order valence-corrected chi connectivity index (χ3v) is 3.39. The van der Waals surface area contributed by atoms with Crippen LogP contribution in [0.25, 0.3) is 0 Å². The van der Waals surface area contributed by atoms with Crippen molar-refractivity contribution >= 4 is 11.3 Å². The fourth-order valence-electron chi connectivity index (χ4n) is 1.63. The van der Waals surface area contributed by atoms with E-state index in [9.17, 15) is 0 Å². The van der Waals surface area contributed by atoms with Crippen LogP contribution in [0.15, 0.2) is 17.9 Å². The van der Waals surface area contributed by atoms with Gasteiger partial charge in [0.1, 0.15) is 0 Å². The molecule has 2 rings (SSSR count). The van der Waals surface area contributed by atoms with Crippen LogP contribution in [-0.2, 0) is 7.05 Å². The largest absolute Gasteiger partial charge is 0.309 e. The third-order valence-electron chi connectivity index (χ3n) is 2.39. The van der Waals surface area contributed by atoms with E-state index in [1.807, 2.05) is 43.6 Å². The second-order valence-corrected chi connectivity index (χ2v) is 4.36. The van der Waals surface area contributed by atoms with Crippen molar-refractivity contribution in [2.45, 2.75) is 13.0 Å². The Balaban J connectivity index is 2.36. The van der Waals surface area contributed by atoms with E-state index in [0.717, 1.165) is 5.69 Å². The van der Waals surface area contributed by atoms with Gasteiger partial charge in [-0.15, -0.1) is 11.3 Å². The summed E-state index contributed by atoms with van der Waals surface area (Å²) in [5.74, 6) is 0. The Morgan fingerprint density at radius 2 is 2.33 bits per heavy atom. The van der Waals surface area contributed by atoms with Crippen molar-refractivity contribution in [1.82, 2.24) is 20.1 Å². The summed E-state index contributed by atoms with van der Waals surface area (Å²) in [5, 5.41) is 7.48. The molecule has 2 aromatic rings. The highest BCUT2D eigenvalue weighted by molar-refractivity contribution is 7.09. The summed E-state index contributed by atoms with van der Waals surface area (Å²) in [5.41, 5.74) is 4.14. The summed E-state index contributed by atoms with van der Waals surface area (Å²) in [6.45, 7) is 2.03. The zero-order valence-corrected chi connectivity index (χ0v) is 9.88. The predicted octanol–water partition coefficient (Wildman–Crippen LogP) is 1.49. The first kappa shape index (κ1) is 10.3. The molecule has 2 aromatic heterocycles. The molecule has 0 fully saturated rings. The van der Waals surface area contributed by atoms with Gasteiger partial charge in [-0.2, -0.15) is 5.10 Å². The Labute approximate surface area is 93.0 Å². The highest BCUT2D eigenvalue weighted by atomic mass is 32.1. The minimum absolute atomic E-state index is 0.200. The number of hydrogen-bond acceptors (Lipinski definition) is 4. The zero-order chi connectivity index (χ0) is 10.8. The van der Waals surface area contributed by atoms with E-state index in [0.29, 0.717) is 0 Å². The van der Waals surface area contributed by atoms with Crippen molar-refractivity contribution < 1.29 is 0 Å². The molecule has 15 heavy (non-hydrogen) atoms. The topological polar surface area (TPSA) is 42.7 Å². The van der Waals surface area contributed by atoms with Crippen LogP contribution in [0.2, 0.25) is 0 Å². The van der Waals surface area contributed by atoms with Gasteiger partial charge in [-0.05, 0) is 14.0 Å². The smallest absolute Gasteiger partial charge is 0.0798 e. The van der Waals surface area contributed by atoms with Gasteiger partial charge in [-0.1, -0.05) is 0 Å². The number of nitrogens with one attached hydrogen (secondary N) is 1. The fourth-order valence-corrected chi connectivity index (χ4v) is 2.56. The van der Waals surface area contributed by atoms with Crippen molar-refractivity contribution in [3.05, 3.63) is 34.0 Å². The minimum atomic E-state index is 0.200. The maximum absolute atomic E-state index is 4.27. The Bertz CT molecular complexity index is 446. The highest BCUT2D eigenvalue weighted by Crippen LogP contribution is 2.26. The Kier molecular flexibility index (Phi) is 2.83. The summed E-state index contributed by atoms with van der Waals surface area (Å²) < 4.78 is 1.82. The lowest BCUT2D eigenvalue weighted by atomic mass is 10.1. The molecule has 0 saturated carbocycles. The SMILES string of the molecule is CNC(c1cnn(C)c1)c1scnc1C. The molecule has 0 saturated heterocycles. The lowest BCUT2D eigenvalue weighted by Crippen LogP contribution is -2.16. The quantitative estimate of drug-likeness (QED) is 0.855. The lowest BCUT2D eigenvalue weighted by Gasteiger charge is -2.12. The van der Waals surface area contributed by atoms with Gasteiger partial charge in [0.05, 0.1) is 23.4 Å². The number of aryl methyl sites for hydroxylation is 2. The van der Waals surface area contributed by atoms with E-state index in [1.165, 1.54) is 10.4 Å². The van der Waals surface area contributed by atoms with E-state index in [1.54, 1.807) is 11.3 Å². The molecule has 0 spiro atoms.